The average Bonchev–Trinajstić information content (AvgIpc) is 2.95. The molecule has 1 aromatic heterocycles. The monoisotopic (exact) mass is 445 g/mol. The van der Waals surface area contributed by atoms with Gasteiger partial charge < -0.3 is 11.1 Å². The van der Waals surface area contributed by atoms with Gasteiger partial charge in [-0.25, -0.2) is 4.39 Å². The van der Waals surface area contributed by atoms with Crippen molar-refractivity contribution in [2.45, 2.75) is 31.2 Å². The molecule has 1 fully saturated rings. The molecule has 6 heteroatoms. The molecule has 3 rings (SSSR count). The Morgan fingerprint density at radius 2 is 2.13 bits per heavy atom. The Bertz CT molecular complexity index is 639. The minimum absolute atomic E-state index is 0. The van der Waals surface area contributed by atoms with Crippen molar-refractivity contribution in [3.8, 4) is 0 Å². The second-order valence-corrected chi connectivity index (χ2v) is 6.69. The number of thiophene rings is 1. The highest BCUT2D eigenvalue weighted by Crippen LogP contribution is 2.36. The lowest BCUT2D eigenvalue weighted by molar-refractivity contribution is 0.323. The molecule has 0 atom stereocenters. The number of nitrogens with two attached hydrogens (primary N) is 1. The normalized spacial score (nSPS) is 20.5. The lowest BCUT2D eigenvalue weighted by Gasteiger charge is -2.36. The molecule has 2 aromatic rings. The minimum atomic E-state index is -0.163. The van der Waals surface area contributed by atoms with Crippen LogP contribution in [0.15, 0.2) is 46.8 Å². The number of aliphatic imine (C=N–C) groups is 1. The predicted molar refractivity (Wildman–Crippen MR) is 105 cm³/mol. The highest BCUT2D eigenvalue weighted by molar-refractivity contribution is 14.0. The molecule has 0 amide bonds. The molecule has 0 aliphatic heterocycles. The van der Waals surface area contributed by atoms with Crippen LogP contribution in [0.1, 0.15) is 29.2 Å². The third-order valence-corrected chi connectivity index (χ3v) is 4.97. The summed E-state index contributed by atoms with van der Waals surface area (Å²) in [4.78, 5) is 5.69. The molecule has 0 unspecified atom stereocenters. The largest absolute Gasteiger partial charge is 0.370 e. The summed E-state index contributed by atoms with van der Waals surface area (Å²) in [7, 11) is 0. The van der Waals surface area contributed by atoms with E-state index in [-0.39, 0.29) is 29.8 Å². The van der Waals surface area contributed by atoms with Crippen molar-refractivity contribution in [1.29, 1.82) is 0 Å². The van der Waals surface area contributed by atoms with Crippen LogP contribution in [-0.4, -0.2) is 18.5 Å². The number of benzene rings is 1. The van der Waals surface area contributed by atoms with E-state index in [4.69, 9.17) is 5.73 Å². The molecule has 1 aliphatic carbocycles. The fourth-order valence-corrected chi connectivity index (χ4v) is 3.46. The Labute approximate surface area is 157 Å². The first kappa shape index (κ1) is 18.2. The number of rotatable bonds is 5. The summed E-state index contributed by atoms with van der Waals surface area (Å²) < 4.78 is 13.2. The maximum Gasteiger partial charge on any atom is 0.188 e. The topological polar surface area (TPSA) is 50.4 Å². The van der Waals surface area contributed by atoms with Gasteiger partial charge in [-0.15, -0.1) is 35.3 Å². The minimum Gasteiger partial charge on any atom is -0.370 e. The van der Waals surface area contributed by atoms with Crippen molar-refractivity contribution in [3.05, 3.63) is 58.0 Å². The Morgan fingerprint density at radius 3 is 2.83 bits per heavy atom. The van der Waals surface area contributed by atoms with E-state index in [1.807, 2.05) is 12.1 Å². The van der Waals surface area contributed by atoms with Crippen LogP contribution in [0.5, 0.6) is 0 Å². The zero-order chi connectivity index (χ0) is 15.4. The number of nitrogens with one attached hydrogen (secondary N) is 1. The first-order chi connectivity index (χ1) is 10.7. The van der Waals surface area contributed by atoms with Gasteiger partial charge in [0.2, 0.25) is 0 Å². The van der Waals surface area contributed by atoms with Crippen molar-refractivity contribution in [2.24, 2.45) is 10.7 Å². The van der Waals surface area contributed by atoms with Gasteiger partial charge >= 0.3 is 0 Å². The Morgan fingerprint density at radius 1 is 1.30 bits per heavy atom. The number of guanidine groups is 1. The first-order valence-electron chi connectivity index (χ1n) is 7.55. The third kappa shape index (κ3) is 5.17. The van der Waals surface area contributed by atoms with E-state index in [0.717, 1.165) is 24.8 Å². The summed E-state index contributed by atoms with van der Waals surface area (Å²) in [5, 5.41) is 5.32. The lowest BCUT2D eigenvalue weighted by atomic mass is 9.76. The van der Waals surface area contributed by atoms with E-state index in [1.54, 1.807) is 23.5 Å². The quantitative estimate of drug-likeness (QED) is 0.417. The maximum absolute atomic E-state index is 13.2. The molecule has 0 spiro atoms. The summed E-state index contributed by atoms with van der Waals surface area (Å²) in [6.07, 6.45) is 2.88. The molecular formula is C17H21FIN3S. The van der Waals surface area contributed by atoms with E-state index >= 15 is 0 Å². The fraction of sp³-hybridized carbons (Fsp3) is 0.353. The van der Waals surface area contributed by atoms with E-state index in [0.29, 0.717) is 24.5 Å². The van der Waals surface area contributed by atoms with E-state index < -0.39 is 0 Å². The fourth-order valence-electron chi connectivity index (χ4n) is 2.76. The van der Waals surface area contributed by atoms with Crippen LogP contribution in [0.4, 0.5) is 4.39 Å². The highest BCUT2D eigenvalue weighted by Gasteiger charge is 2.30. The molecule has 3 nitrogen and oxygen atoms in total. The number of hydrogen-bond acceptors (Lipinski definition) is 2. The molecule has 23 heavy (non-hydrogen) atoms. The van der Waals surface area contributed by atoms with Gasteiger partial charge in [0.1, 0.15) is 5.82 Å². The van der Waals surface area contributed by atoms with Crippen molar-refractivity contribution >= 4 is 41.3 Å². The molecule has 0 saturated heterocycles. The molecule has 124 valence electrons. The van der Waals surface area contributed by atoms with Crippen LogP contribution >= 0.6 is 35.3 Å². The summed E-state index contributed by atoms with van der Waals surface area (Å²) in [5.41, 5.74) is 6.99. The van der Waals surface area contributed by atoms with Gasteiger partial charge in [-0.2, -0.15) is 0 Å². The van der Waals surface area contributed by atoms with Crippen molar-refractivity contribution in [1.82, 2.24) is 5.32 Å². The number of hydrogen-bond donors (Lipinski definition) is 2. The van der Waals surface area contributed by atoms with Crippen LogP contribution in [0.2, 0.25) is 0 Å². The van der Waals surface area contributed by atoms with Crippen LogP contribution in [0, 0.1) is 5.82 Å². The molecule has 1 aromatic carbocycles. The molecule has 0 bridgehead atoms. The van der Waals surface area contributed by atoms with Gasteiger partial charge in [0.15, 0.2) is 5.96 Å². The zero-order valence-corrected chi connectivity index (χ0v) is 15.9. The Hall–Kier alpha value is -1.15. The summed E-state index contributed by atoms with van der Waals surface area (Å²) in [5.74, 6) is 0.773. The smallest absolute Gasteiger partial charge is 0.188 e. The van der Waals surface area contributed by atoms with Gasteiger partial charge in [-0.05, 0) is 47.9 Å². The second-order valence-electron chi connectivity index (χ2n) is 5.66. The standard InChI is InChI=1S/C17H20FN3S.HI/c18-14-4-1-3-12(9-14)13-10-15(11-13)21-17(19)20-7-6-16-5-2-8-22-16;/h1-5,8-9,13,15H,6-7,10-11H2,(H3,19,20,21);1H. The van der Waals surface area contributed by atoms with Crippen LogP contribution < -0.4 is 11.1 Å². The Balaban J connectivity index is 0.00000192. The van der Waals surface area contributed by atoms with Crippen molar-refractivity contribution in [2.75, 3.05) is 6.54 Å². The predicted octanol–water partition coefficient (Wildman–Crippen LogP) is 3.90. The molecular weight excluding hydrogens is 424 g/mol. The molecule has 3 N–H and O–H groups in total. The summed E-state index contributed by atoms with van der Waals surface area (Å²) in [6.45, 7) is 0.708. The Kier molecular flexibility index (Phi) is 6.83. The van der Waals surface area contributed by atoms with Gasteiger partial charge in [-0.1, -0.05) is 18.2 Å². The molecule has 1 saturated carbocycles. The van der Waals surface area contributed by atoms with E-state index in [1.165, 1.54) is 10.9 Å². The maximum atomic E-state index is 13.2. The van der Waals surface area contributed by atoms with Crippen molar-refractivity contribution < 1.29 is 4.39 Å². The number of nitrogens with zero attached hydrogens (tertiary/aromatic N) is 1. The van der Waals surface area contributed by atoms with Crippen LogP contribution in [0.25, 0.3) is 0 Å². The molecule has 1 heterocycles. The molecule has 1 aliphatic rings. The van der Waals surface area contributed by atoms with Gasteiger partial charge in [0, 0.05) is 23.9 Å². The van der Waals surface area contributed by atoms with Crippen LogP contribution in [0.3, 0.4) is 0 Å². The van der Waals surface area contributed by atoms with Gasteiger partial charge in [-0.3, -0.25) is 4.99 Å². The van der Waals surface area contributed by atoms with Crippen LogP contribution in [-0.2, 0) is 6.42 Å². The lowest BCUT2D eigenvalue weighted by Crippen LogP contribution is -2.46. The second kappa shape index (κ2) is 8.63. The van der Waals surface area contributed by atoms with E-state index in [9.17, 15) is 4.39 Å². The molecule has 0 radical (unpaired) electrons. The first-order valence-corrected chi connectivity index (χ1v) is 8.43. The van der Waals surface area contributed by atoms with E-state index in [2.05, 4.69) is 21.8 Å². The third-order valence-electron chi connectivity index (χ3n) is 4.03. The van der Waals surface area contributed by atoms with Gasteiger partial charge in [0.05, 0.1) is 0 Å². The summed E-state index contributed by atoms with van der Waals surface area (Å²) in [6, 6.07) is 11.4. The number of halogens is 2. The van der Waals surface area contributed by atoms with Crippen molar-refractivity contribution in [3.63, 3.8) is 0 Å². The summed E-state index contributed by atoms with van der Waals surface area (Å²) >= 11 is 1.74. The zero-order valence-electron chi connectivity index (χ0n) is 12.7. The SMILES string of the molecule is I.NC(=NCCc1cccs1)NC1CC(c2cccc(F)c2)C1. The highest BCUT2D eigenvalue weighted by atomic mass is 127. The average molecular weight is 445 g/mol. The van der Waals surface area contributed by atoms with Gasteiger partial charge in [0.25, 0.3) is 0 Å².